The van der Waals surface area contributed by atoms with Gasteiger partial charge in [0.25, 0.3) is 0 Å². The maximum atomic E-state index is 11.5. The second kappa shape index (κ2) is 15.9. The van der Waals surface area contributed by atoms with E-state index >= 15 is 0 Å². The fraction of sp³-hybridized carbons (Fsp3) is 0.500. The molecule has 2 N–H and O–H groups in total. The third-order valence-electron chi connectivity index (χ3n) is 3.32. The van der Waals surface area contributed by atoms with Crippen LogP contribution < -0.4 is 0 Å². The van der Waals surface area contributed by atoms with Crippen LogP contribution in [0.4, 0.5) is 0 Å². The molecule has 0 aromatic rings. The second-order valence-electron chi connectivity index (χ2n) is 5.64. The van der Waals surface area contributed by atoms with Gasteiger partial charge in [-0.3, -0.25) is 9.59 Å². The number of hydrogen-bond acceptors (Lipinski definition) is 3. The van der Waals surface area contributed by atoms with E-state index in [9.17, 15) is 14.7 Å². The Bertz CT molecular complexity index is 458. The average molecular weight is 334 g/mol. The van der Waals surface area contributed by atoms with Crippen molar-refractivity contribution in [1.29, 1.82) is 0 Å². The molecule has 0 aromatic heterocycles. The third-order valence-corrected chi connectivity index (χ3v) is 3.32. The van der Waals surface area contributed by atoms with Crippen LogP contribution in [0.5, 0.6) is 0 Å². The minimum Gasteiger partial charge on any atom is -0.481 e. The molecule has 0 saturated carbocycles. The number of carbonyl (C=O) groups excluding carboxylic acids is 1. The molecule has 0 aliphatic heterocycles. The fourth-order valence-corrected chi connectivity index (χ4v) is 1.97. The van der Waals surface area contributed by atoms with Crippen molar-refractivity contribution in [3.8, 4) is 0 Å². The Balaban J connectivity index is 3.85. The molecule has 0 aromatic carbocycles. The molecule has 0 bridgehead atoms. The summed E-state index contributed by atoms with van der Waals surface area (Å²) in [4.78, 5) is 21.9. The van der Waals surface area contributed by atoms with Crippen LogP contribution in [0.1, 0.15) is 58.3 Å². The number of allylic oxidation sites excluding steroid dienone is 7. The Morgan fingerprint density at radius 3 is 2.42 bits per heavy atom. The molecule has 1 atom stereocenters. The van der Waals surface area contributed by atoms with E-state index in [4.69, 9.17) is 5.11 Å². The standard InChI is InChI=1S/C20H30O4/c1-2-3-4-5-6-9-13-18(21)14-10-7-8-11-15-19(22)16-12-17-20(23)24/h7-11,13-15,19,22H,2-6,12,16-17H2,1H3,(H,23,24)/b8-7+,13-9+,14-10+,15-11+. The number of carboxylic acids is 1. The van der Waals surface area contributed by atoms with E-state index in [-0.39, 0.29) is 12.2 Å². The van der Waals surface area contributed by atoms with Crippen LogP contribution >= 0.6 is 0 Å². The largest absolute Gasteiger partial charge is 0.481 e. The van der Waals surface area contributed by atoms with Crippen LogP contribution in [0.15, 0.2) is 48.6 Å². The number of aliphatic hydroxyl groups is 1. The number of carbonyl (C=O) groups is 2. The molecular formula is C20H30O4. The summed E-state index contributed by atoms with van der Waals surface area (Å²) < 4.78 is 0. The monoisotopic (exact) mass is 334 g/mol. The highest BCUT2D eigenvalue weighted by Crippen LogP contribution is 2.03. The molecule has 0 fully saturated rings. The number of ketones is 1. The second-order valence-corrected chi connectivity index (χ2v) is 5.64. The van der Waals surface area contributed by atoms with Gasteiger partial charge in [0.1, 0.15) is 0 Å². The van der Waals surface area contributed by atoms with E-state index in [0.29, 0.717) is 12.8 Å². The number of aliphatic hydroxyl groups excluding tert-OH is 1. The fourth-order valence-electron chi connectivity index (χ4n) is 1.97. The SMILES string of the molecule is CCCCCC/C=C/C(=O)/C=C/C=C/C=C/C(O)CCCC(=O)O. The first-order chi connectivity index (χ1) is 11.6. The van der Waals surface area contributed by atoms with Gasteiger partial charge < -0.3 is 10.2 Å². The van der Waals surface area contributed by atoms with Crippen LogP contribution in [0, 0.1) is 0 Å². The van der Waals surface area contributed by atoms with Crippen molar-refractivity contribution in [2.45, 2.75) is 64.4 Å². The van der Waals surface area contributed by atoms with Gasteiger partial charge in [-0.1, -0.05) is 62.6 Å². The van der Waals surface area contributed by atoms with E-state index in [1.54, 1.807) is 36.5 Å². The quantitative estimate of drug-likeness (QED) is 0.281. The zero-order chi connectivity index (χ0) is 18.0. The summed E-state index contributed by atoms with van der Waals surface area (Å²) >= 11 is 0. The molecule has 0 saturated heterocycles. The molecule has 134 valence electrons. The lowest BCUT2D eigenvalue weighted by Gasteiger charge is -2.02. The smallest absolute Gasteiger partial charge is 0.303 e. The van der Waals surface area contributed by atoms with Gasteiger partial charge >= 0.3 is 5.97 Å². The summed E-state index contributed by atoms with van der Waals surface area (Å²) in [7, 11) is 0. The zero-order valence-corrected chi connectivity index (χ0v) is 14.6. The minimum atomic E-state index is -0.851. The van der Waals surface area contributed by atoms with Gasteiger partial charge in [0.15, 0.2) is 5.78 Å². The lowest BCUT2D eigenvalue weighted by molar-refractivity contribution is -0.137. The van der Waals surface area contributed by atoms with Gasteiger partial charge in [0.2, 0.25) is 0 Å². The summed E-state index contributed by atoms with van der Waals surface area (Å²) in [6, 6.07) is 0. The van der Waals surface area contributed by atoms with Gasteiger partial charge in [0.05, 0.1) is 6.10 Å². The predicted octanol–water partition coefficient (Wildman–Crippen LogP) is 4.37. The van der Waals surface area contributed by atoms with E-state index in [2.05, 4.69) is 6.92 Å². The molecule has 0 amide bonds. The van der Waals surface area contributed by atoms with Crippen molar-refractivity contribution in [2.24, 2.45) is 0 Å². The number of carboxylic acid groups (broad SMARTS) is 1. The highest BCUT2D eigenvalue weighted by atomic mass is 16.4. The molecule has 1 unspecified atom stereocenters. The van der Waals surface area contributed by atoms with Gasteiger partial charge in [-0.25, -0.2) is 0 Å². The van der Waals surface area contributed by atoms with Gasteiger partial charge in [-0.2, -0.15) is 0 Å². The zero-order valence-electron chi connectivity index (χ0n) is 14.6. The molecule has 0 radical (unpaired) electrons. The number of aliphatic carboxylic acids is 1. The van der Waals surface area contributed by atoms with Crippen LogP contribution in [0.3, 0.4) is 0 Å². The number of rotatable bonds is 14. The molecule has 0 aliphatic carbocycles. The molecule has 4 heteroatoms. The van der Waals surface area contributed by atoms with Crippen molar-refractivity contribution in [2.75, 3.05) is 0 Å². The van der Waals surface area contributed by atoms with E-state index < -0.39 is 12.1 Å². The van der Waals surface area contributed by atoms with Crippen molar-refractivity contribution in [1.82, 2.24) is 0 Å². The molecule has 0 spiro atoms. The number of hydrogen-bond donors (Lipinski definition) is 2. The Morgan fingerprint density at radius 1 is 0.958 bits per heavy atom. The van der Waals surface area contributed by atoms with Crippen LogP contribution in [0.2, 0.25) is 0 Å². The highest BCUT2D eigenvalue weighted by molar-refractivity contribution is 5.99. The van der Waals surface area contributed by atoms with Crippen molar-refractivity contribution < 1.29 is 19.8 Å². The van der Waals surface area contributed by atoms with Crippen LogP contribution in [-0.2, 0) is 9.59 Å². The summed E-state index contributed by atoms with van der Waals surface area (Å²) in [6.45, 7) is 2.17. The number of unbranched alkanes of at least 4 members (excludes halogenated alkanes) is 4. The first-order valence-corrected chi connectivity index (χ1v) is 8.68. The Labute approximate surface area is 145 Å². The maximum Gasteiger partial charge on any atom is 0.303 e. The van der Waals surface area contributed by atoms with E-state index in [1.165, 1.54) is 25.3 Å². The molecule has 0 heterocycles. The summed E-state index contributed by atoms with van der Waals surface area (Å²) in [6.07, 6.45) is 19.4. The summed E-state index contributed by atoms with van der Waals surface area (Å²) in [5.74, 6) is -0.885. The molecule has 24 heavy (non-hydrogen) atoms. The summed E-state index contributed by atoms with van der Waals surface area (Å²) in [5, 5.41) is 18.1. The first-order valence-electron chi connectivity index (χ1n) is 8.68. The van der Waals surface area contributed by atoms with Crippen molar-refractivity contribution in [3.05, 3.63) is 48.6 Å². The van der Waals surface area contributed by atoms with Gasteiger partial charge in [0, 0.05) is 6.42 Å². The Hall–Kier alpha value is -1.94. The van der Waals surface area contributed by atoms with Crippen LogP contribution in [0.25, 0.3) is 0 Å². The Morgan fingerprint density at radius 2 is 1.71 bits per heavy atom. The average Bonchev–Trinajstić information content (AvgIpc) is 2.53. The summed E-state index contributed by atoms with van der Waals surface area (Å²) in [5.41, 5.74) is 0. The van der Waals surface area contributed by atoms with Crippen LogP contribution in [-0.4, -0.2) is 28.1 Å². The minimum absolute atomic E-state index is 0.0344. The Kier molecular flexibility index (Phi) is 14.6. The lowest BCUT2D eigenvalue weighted by atomic mass is 10.1. The molecule has 0 rings (SSSR count). The van der Waals surface area contributed by atoms with Crippen molar-refractivity contribution >= 4 is 11.8 Å². The maximum absolute atomic E-state index is 11.5. The third kappa shape index (κ3) is 16.4. The van der Waals surface area contributed by atoms with Crippen molar-refractivity contribution in [3.63, 3.8) is 0 Å². The molecule has 0 aliphatic rings. The highest BCUT2D eigenvalue weighted by Gasteiger charge is 2.01. The molecule has 4 nitrogen and oxygen atoms in total. The lowest BCUT2D eigenvalue weighted by Crippen LogP contribution is -2.03. The molecular weight excluding hydrogens is 304 g/mol. The topological polar surface area (TPSA) is 74.6 Å². The normalized spacial score (nSPS) is 13.6. The van der Waals surface area contributed by atoms with E-state index in [1.807, 2.05) is 6.08 Å². The predicted molar refractivity (Wildman–Crippen MR) is 97.8 cm³/mol. The van der Waals surface area contributed by atoms with Gasteiger partial charge in [-0.05, 0) is 37.8 Å². The van der Waals surface area contributed by atoms with E-state index in [0.717, 1.165) is 12.8 Å². The van der Waals surface area contributed by atoms with Gasteiger partial charge in [-0.15, -0.1) is 0 Å². The first kappa shape index (κ1) is 22.1.